The lowest BCUT2D eigenvalue weighted by molar-refractivity contribution is -0.142. The maximum atomic E-state index is 12.2. The Hall–Kier alpha value is -2.54. The molecule has 0 radical (unpaired) electrons. The number of benzene rings is 1. The van der Waals surface area contributed by atoms with E-state index >= 15 is 0 Å². The van der Waals surface area contributed by atoms with Crippen molar-refractivity contribution in [3.05, 3.63) is 46.2 Å². The first-order valence-electron chi connectivity index (χ1n) is 7.18. The van der Waals surface area contributed by atoms with E-state index in [0.29, 0.717) is 11.3 Å². The third-order valence-corrected chi connectivity index (χ3v) is 3.75. The number of aromatic nitrogens is 2. The summed E-state index contributed by atoms with van der Waals surface area (Å²) in [4.78, 5) is 23.7. The Kier molecular flexibility index (Phi) is 5.46. The predicted octanol–water partition coefficient (Wildman–Crippen LogP) is 2.10. The monoisotopic (exact) mass is 351 g/mol. The van der Waals surface area contributed by atoms with Crippen molar-refractivity contribution in [3.63, 3.8) is 0 Å². The summed E-state index contributed by atoms with van der Waals surface area (Å²) >= 11 is 6.02. The molecule has 7 nitrogen and oxygen atoms in total. The average Bonchev–Trinajstić information content (AvgIpc) is 2.82. The fourth-order valence-electron chi connectivity index (χ4n) is 2.33. The number of carboxylic acids is 1. The van der Waals surface area contributed by atoms with Gasteiger partial charge in [0.25, 0.3) is 0 Å². The zero-order valence-corrected chi connectivity index (χ0v) is 14.3. The van der Waals surface area contributed by atoms with Crippen molar-refractivity contribution >= 4 is 23.5 Å². The minimum Gasteiger partial charge on any atom is -0.495 e. The number of amides is 1. The number of hydrogen-bond acceptors (Lipinski definition) is 4. The number of carbonyl (C=O) groups excluding carboxylic acids is 1. The summed E-state index contributed by atoms with van der Waals surface area (Å²) in [6.07, 6.45) is 0. The maximum absolute atomic E-state index is 12.2. The molecule has 2 aromatic rings. The van der Waals surface area contributed by atoms with Gasteiger partial charge < -0.3 is 15.2 Å². The molecule has 0 aliphatic rings. The molecule has 0 saturated carbocycles. The Balaban J connectivity index is 2.16. The third-order valence-electron chi connectivity index (χ3n) is 3.46. The van der Waals surface area contributed by atoms with Crippen LogP contribution in [0.1, 0.15) is 23.0 Å². The molecule has 1 heterocycles. The second kappa shape index (κ2) is 7.35. The lowest BCUT2D eigenvalue weighted by Crippen LogP contribution is -2.36. The average molecular weight is 352 g/mol. The molecule has 0 bridgehead atoms. The predicted molar refractivity (Wildman–Crippen MR) is 88.2 cm³/mol. The smallest absolute Gasteiger partial charge is 0.330 e. The summed E-state index contributed by atoms with van der Waals surface area (Å²) in [6.45, 7) is 3.58. The highest BCUT2D eigenvalue weighted by Gasteiger charge is 2.23. The zero-order valence-electron chi connectivity index (χ0n) is 13.5. The molecular formula is C16H18ClN3O4. The van der Waals surface area contributed by atoms with Crippen molar-refractivity contribution in [2.75, 3.05) is 7.11 Å². The first-order chi connectivity index (χ1) is 11.3. The molecule has 1 atom stereocenters. The molecule has 8 heteroatoms. The highest BCUT2D eigenvalue weighted by Crippen LogP contribution is 2.27. The number of aliphatic carboxylic acids is 1. The van der Waals surface area contributed by atoms with E-state index < -0.39 is 17.9 Å². The van der Waals surface area contributed by atoms with Gasteiger partial charge in [-0.1, -0.05) is 17.7 Å². The summed E-state index contributed by atoms with van der Waals surface area (Å²) in [6, 6.07) is 5.19. The molecule has 0 fully saturated rings. The van der Waals surface area contributed by atoms with Crippen molar-refractivity contribution < 1.29 is 19.4 Å². The van der Waals surface area contributed by atoms with Crippen molar-refractivity contribution in [2.24, 2.45) is 0 Å². The van der Waals surface area contributed by atoms with Crippen LogP contribution in [0.2, 0.25) is 5.02 Å². The van der Waals surface area contributed by atoms with Crippen molar-refractivity contribution in [1.29, 1.82) is 0 Å². The van der Waals surface area contributed by atoms with Gasteiger partial charge in [-0.3, -0.25) is 9.48 Å². The van der Waals surface area contributed by atoms with Gasteiger partial charge in [-0.2, -0.15) is 5.10 Å². The molecule has 1 amide bonds. The molecule has 0 aliphatic carbocycles. The van der Waals surface area contributed by atoms with E-state index in [-0.39, 0.29) is 11.6 Å². The minimum atomic E-state index is -1.21. The molecule has 1 aromatic heterocycles. The fraction of sp³-hybridized carbons (Fsp3) is 0.312. The lowest BCUT2D eigenvalue weighted by Gasteiger charge is -2.16. The van der Waals surface area contributed by atoms with Crippen molar-refractivity contribution in [3.8, 4) is 5.75 Å². The Labute approximate surface area is 144 Å². The van der Waals surface area contributed by atoms with Crippen molar-refractivity contribution in [2.45, 2.75) is 26.4 Å². The zero-order chi connectivity index (χ0) is 17.9. The minimum absolute atomic E-state index is 0.0622. The second-order valence-corrected chi connectivity index (χ2v) is 5.72. The van der Waals surface area contributed by atoms with Crippen LogP contribution in [-0.2, 0) is 16.1 Å². The first-order valence-corrected chi connectivity index (χ1v) is 7.56. The van der Waals surface area contributed by atoms with E-state index in [1.54, 1.807) is 12.1 Å². The topological polar surface area (TPSA) is 93.5 Å². The number of carbonyl (C=O) groups is 2. The van der Waals surface area contributed by atoms with Gasteiger partial charge in [-0.15, -0.1) is 0 Å². The van der Waals surface area contributed by atoms with E-state index in [4.69, 9.17) is 16.3 Å². The number of rotatable bonds is 6. The van der Waals surface area contributed by atoms with Gasteiger partial charge in [0.15, 0.2) is 6.04 Å². The van der Waals surface area contributed by atoms with Gasteiger partial charge in [0.1, 0.15) is 12.3 Å². The molecule has 2 rings (SSSR count). The summed E-state index contributed by atoms with van der Waals surface area (Å²) < 4.78 is 6.56. The van der Waals surface area contributed by atoms with Gasteiger partial charge in [0.05, 0.1) is 17.8 Å². The Bertz CT molecular complexity index is 773. The van der Waals surface area contributed by atoms with E-state index in [1.165, 1.54) is 17.9 Å². The van der Waals surface area contributed by atoms with Gasteiger partial charge in [0.2, 0.25) is 5.91 Å². The third kappa shape index (κ3) is 4.05. The molecule has 0 aliphatic heterocycles. The molecule has 1 aromatic carbocycles. The number of halogens is 1. The van der Waals surface area contributed by atoms with Crippen LogP contribution >= 0.6 is 11.6 Å². The highest BCUT2D eigenvalue weighted by atomic mass is 35.5. The summed E-state index contributed by atoms with van der Waals surface area (Å²) in [7, 11) is 1.46. The van der Waals surface area contributed by atoms with Gasteiger partial charge >= 0.3 is 5.97 Å². The Morgan fingerprint density at radius 2 is 2.08 bits per heavy atom. The number of hydrogen-bond donors (Lipinski definition) is 2. The number of ether oxygens (including phenoxy) is 1. The van der Waals surface area contributed by atoms with Crippen LogP contribution in [-0.4, -0.2) is 33.9 Å². The lowest BCUT2D eigenvalue weighted by atomic mass is 10.1. The number of nitrogens with one attached hydrogen (secondary N) is 1. The summed E-state index contributed by atoms with van der Waals surface area (Å²) in [5.41, 5.74) is 1.97. The summed E-state index contributed by atoms with van der Waals surface area (Å²) in [5.74, 6) is -1.21. The van der Waals surface area contributed by atoms with Crippen LogP contribution in [0.5, 0.6) is 5.75 Å². The van der Waals surface area contributed by atoms with E-state index in [0.717, 1.165) is 11.4 Å². The van der Waals surface area contributed by atoms with Crippen LogP contribution < -0.4 is 10.1 Å². The van der Waals surface area contributed by atoms with Gasteiger partial charge in [-0.05, 0) is 37.6 Å². The molecular weight excluding hydrogens is 334 g/mol. The van der Waals surface area contributed by atoms with E-state index in [9.17, 15) is 14.7 Å². The SMILES string of the molecule is COc1ccc(C(NC(=O)Cn2nc(C)cc2C)C(=O)O)cc1Cl. The van der Waals surface area contributed by atoms with E-state index in [1.807, 2.05) is 19.9 Å². The number of nitrogens with zero attached hydrogens (tertiary/aromatic N) is 2. The van der Waals surface area contributed by atoms with Crippen LogP contribution in [0, 0.1) is 13.8 Å². The van der Waals surface area contributed by atoms with Crippen LogP contribution in [0.3, 0.4) is 0 Å². The maximum Gasteiger partial charge on any atom is 0.330 e. The van der Waals surface area contributed by atoms with Crippen molar-refractivity contribution in [1.82, 2.24) is 15.1 Å². The molecule has 0 saturated heterocycles. The van der Waals surface area contributed by atoms with Gasteiger partial charge in [0, 0.05) is 5.69 Å². The van der Waals surface area contributed by atoms with Crippen LogP contribution in [0.4, 0.5) is 0 Å². The Morgan fingerprint density at radius 3 is 2.58 bits per heavy atom. The molecule has 1 unspecified atom stereocenters. The van der Waals surface area contributed by atoms with Gasteiger partial charge in [-0.25, -0.2) is 4.79 Å². The van der Waals surface area contributed by atoms with Crippen LogP contribution in [0.15, 0.2) is 24.3 Å². The molecule has 24 heavy (non-hydrogen) atoms. The first kappa shape index (κ1) is 17.8. The number of carboxylic acid groups (broad SMARTS) is 1. The molecule has 128 valence electrons. The fourth-order valence-corrected chi connectivity index (χ4v) is 2.59. The van der Waals surface area contributed by atoms with E-state index in [2.05, 4.69) is 10.4 Å². The molecule has 0 spiro atoms. The molecule has 2 N–H and O–H groups in total. The Morgan fingerprint density at radius 1 is 1.38 bits per heavy atom. The second-order valence-electron chi connectivity index (χ2n) is 5.32. The largest absolute Gasteiger partial charge is 0.495 e. The van der Waals surface area contributed by atoms with Crippen LogP contribution in [0.25, 0.3) is 0 Å². The number of methoxy groups -OCH3 is 1. The number of aryl methyl sites for hydroxylation is 2. The highest BCUT2D eigenvalue weighted by molar-refractivity contribution is 6.32. The standard InChI is InChI=1S/C16H18ClN3O4/c1-9-6-10(2)20(19-9)8-14(21)18-15(16(22)23)11-4-5-13(24-3)12(17)7-11/h4-7,15H,8H2,1-3H3,(H,18,21)(H,22,23). The normalized spacial score (nSPS) is 11.8. The summed E-state index contributed by atoms with van der Waals surface area (Å²) in [5, 5.41) is 16.3. The quantitative estimate of drug-likeness (QED) is 0.831.